The first kappa shape index (κ1) is 13.0. The summed E-state index contributed by atoms with van der Waals surface area (Å²) in [6.45, 7) is 3.47. The van der Waals surface area contributed by atoms with Crippen molar-refractivity contribution in [2.75, 3.05) is 18.1 Å². The van der Waals surface area contributed by atoms with Gasteiger partial charge in [0, 0.05) is 12.2 Å². The Hall–Kier alpha value is -2.00. The van der Waals surface area contributed by atoms with Crippen LogP contribution in [0, 0.1) is 0 Å². The molecule has 0 aliphatic carbocycles. The van der Waals surface area contributed by atoms with Crippen LogP contribution in [0.1, 0.15) is 25.0 Å². The molecule has 0 amide bonds. The molecular weight excluding hydrogens is 250 g/mol. The lowest BCUT2D eigenvalue weighted by Crippen LogP contribution is -2.17. The third-order valence-corrected chi connectivity index (χ3v) is 3.63. The lowest BCUT2D eigenvalue weighted by Gasteiger charge is -2.24. The molecule has 0 bridgehead atoms. The number of hydrogen-bond donors (Lipinski definition) is 1. The van der Waals surface area contributed by atoms with Gasteiger partial charge in [-0.15, -0.1) is 0 Å². The van der Waals surface area contributed by atoms with E-state index in [0.29, 0.717) is 0 Å². The van der Waals surface area contributed by atoms with Crippen LogP contribution in [0.2, 0.25) is 0 Å². The van der Waals surface area contributed by atoms with Gasteiger partial charge in [0.15, 0.2) is 0 Å². The minimum absolute atomic E-state index is 0.427. The molecule has 0 radical (unpaired) electrons. The van der Waals surface area contributed by atoms with E-state index in [0.717, 1.165) is 42.3 Å². The van der Waals surface area contributed by atoms with Crippen molar-refractivity contribution in [2.24, 2.45) is 0 Å². The average molecular weight is 269 g/mol. The fraction of sp³-hybridized carbons (Fsp3) is 0.294. The maximum atomic E-state index is 9.59. The molecule has 0 saturated heterocycles. The highest BCUT2D eigenvalue weighted by Gasteiger charge is 2.17. The van der Waals surface area contributed by atoms with E-state index >= 15 is 0 Å². The van der Waals surface area contributed by atoms with E-state index < -0.39 is 6.10 Å². The molecule has 20 heavy (non-hydrogen) atoms. The van der Waals surface area contributed by atoms with Gasteiger partial charge in [0.05, 0.1) is 18.4 Å². The van der Waals surface area contributed by atoms with Gasteiger partial charge >= 0.3 is 0 Å². The first-order chi connectivity index (χ1) is 9.75. The van der Waals surface area contributed by atoms with E-state index in [1.807, 2.05) is 30.3 Å². The zero-order chi connectivity index (χ0) is 13.9. The molecule has 1 N–H and O–H groups in total. The fourth-order valence-corrected chi connectivity index (χ4v) is 2.53. The van der Waals surface area contributed by atoms with Gasteiger partial charge in [0.1, 0.15) is 5.75 Å². The van der Waals surface area contributed by atoms with Crippen molar-refractivity contribution >= 4 is 11.4 Å². The Morgan fingerprint density at radius 3 is 2.60 bits per heavy atom. The van der Waals surface area contributed by atoms with Gasteiger partial charge in [-0.2, -0.15) is 0 Å². The van der Waals surface area contributed by atoms with Gasteiger partial charge in [0.2, 0.25) is 0 Å². The monoisotopic (exact) mass is 269 g/mol. The van der Waals surface area contributed by atoms with Crippen molar-refractivity contribution in [1.82, 2.24) is 0 Å². The smallest absolute Gasteiger partial charge is 0.142 e. The molecule has 0 spiro atoms. The van der Waals surface area contributed by atoms with Gasteiger partial charge in [-0.05, 0) is 43.2 Å². The second-order valence-corrected chi connectivity index (χ2v) is 5.09. The van der Waals surface area contributed by atoms with Crippen molar-refractivity contribution in [3.8, 4) is 5.75 Å². The standard InChI is InChI=1S/C17H19NO2/c1-13(19)14-7-9-15(10-8-14)18-11-4-12-20-17-6-3-2-5-16(17)18/h2-3,5-10,13,19H,4,11-12H2,1H3/t13-/m0/s1. The number of rotatable bonds is 2. The summed E-state index contributed by atoms with van der Waals surface area (Å²) in [5.41, 5.74) is 3.18. The van der Waals surface area contributed by atoms with E-state index in [9.17, 15) is 5.11 Å². The highest BCUT2D eigenvalue weighted by molar-refractivity contribution is 5.69. The van der Waals surface area contributed by atoms with E-state index in [-0.39, 0.29) is 0 Å². The summed E-state index contributed by atoms with van der Waals surface area (Å²) in [4.78, 5) is 2.27. The predicted molar refractivity (Wildman–Crippen MR) is 80.6 cm³/mol. The number of nitrogens with zero attached hydrogens (tertiary/aromatic N) is 1. The topological polar surface area (TPSA) is 32.7 Å². The molecule has 2 aromatic carbocycles. The third kappa shape index (κ3) is 2.49. The molecule has 1 aliphatic heterocycles. The van der Waals surface area contributed by atoms with Gasteiger partial charge in [0.25, 0.3) is 0 Å². The number of benzene rings is 2. The lowest BCUT2D eigenvalue weighted by atomic mass is 10.1. The first-order valence-electron chi connectivity index (χ1n) is 7.03. The van der Waals surface area contributed by atoms with Crippen LogP contribution < -0.4 is 9.64 Å². The minimum Gasteiger partial charge on any atom is -0.491 e. The number of para-hydroxylation sites is 2. The van der Waals surface area contributed by atoms with Crippen LogP contribution in [0.4, 0.5) is 11.4 Å². The number of aliphatic hydroxyl groups excluding tert-OH is 1. The minimum atomic E-state index is -0.427. The lowest BCUT2D eigenvalue weighted by molar-refractivity contribution is 0.199. The highest BCUT2D eigenvalue weighted by atomic mass is 16.5. The van der Waals surface area contributed by atoms with Crippen LogP contribution >= 0.6 is 0 Å². The molecule has 1 aliphatic rings. The van der Waals surface area contributed by atoms with Gasteiger partial charge in [-0.25, -0.2) is 0 Å². The molecule has 3 heteroatoms. The van der Waals surface area contributed by atoms with E-state index in [2.05, 4.69) is 23.1 Å². The summed E-state index contributed by atoms with van der Waals surface area (Å²) in [5, 5.41) is 9.59. The summed E-state index contributed by atoms with van der Waals surface area (Å²) < 4.78 is 5.78. The van der Waals surface area contributed by atoms with Crippen molar-refractivity contribution in [1.29, 1.82) is 0 Å². The molecule has 2 aromatic rings. The second-order valence-electron chi connectivity index (χ2n) is 5.09. The Morgan fingerprint density at radius 1 is 1.10 bits per heavy atom. The van der Waals surface area contributed by atoms with Crippen molar-refractivity contribution in [3.63, 3.8) is 0 Å². The largest absolute Gasteiger partial charge is 0.491 e. The summed E-state index contributed by atoms with van der Waals surface area (Å²) in [6, 6.07) is 16.2. The molecule has 0 saturated carbocycles. The first-order valence-corrected chi connectivity index (χ1v) is 7.03. The number of fused-ring (bicyclic) bond motifs is 1. The van der Waals surface area contributed by atoms with Crippen LogP contribution in [0.25, 0.3) is 0 Å². The van der Waals surface area contributed by atoms with Gasteiger partial charge < -0.3 is 14.7 Å². The molecule has 104 valence electrons. The Morgan fingerprint density at radius 2 is 1.85 bits per heavy atom. The molecule has 0 unspecified atom stereocenters. The SMILES string of the molecule is C[C@H](O)c1ccc(N2CCCOc3ccccc32)cc1. The molecule has 0 aromatic heterocycles. The van der Waals surface area contributed by atoms with Crippen LogP contribution in [0.5, 0.6) is 5.75 Å². The number of ether oxygens (including phenoxy) is 1. The Labute approximate surface area is 119 Å². The Bertz CT molecular complexity index is 578. The van der Waals surface area contributed by atoms with E-state index in [4.69, 9.17) is 4.74 Å². The molecule has 3 rings (SSSR count). The Balaban J connectivity index is 1.97. The van der Waals surface area contributed by atoms with Crippen LogP contribution in [0.3, 0.4) is 0 Å². The number of hydrogen-bond acceptors (Lipinski definition) is 3. The van der Waals surface area contributed by atoms with Crippen LogP contribution in [0.15, 0.2) is 48.5 Å². The molecular formula is C17H19NO2. The zero-order valence-corrected chi connectivity index (χ0v) is 11.6. The van der Waals surface area contributed by atoms with Crippen LogP contribution in [-0.4, -0.2) is 18.3 Å². The average Bonchev–Trinajstić information content (AvgIpc) is 2.69. The third-order valence-electron chi connectivity index (χ3n) is 3.63. The quantitative estimate of drug-likeness (QED) is 0.903. The maximum absolute atomic E-state index is 9.59. The van der Waals surface area contributed by atoms with Gasteiger partial charge in [-0.1, -0.05) is 24.3 Å². The predicted octanol–water partition coefficient (Wildman–Crippen LogP) is 3.66. The normalized spacial score (nSPS) is 16.0. The maximum Gasteiger partial charge on any atom is 0.142 e. The molecule has 3 nitrogen and oxygen atoms in total. The molecule has 1 heterocycles. The van der Waals surface area contributed by atoms with Crippen molar-refractivity contribution < 1.29 is 9.84 Å². The summed E-state index contributed by atoms with van der Waals surface area (Å²) in [5.74, 6) is 0.935. The highest BCUT2D eigenvalue weighted by Crippen LogP contribution is 2.35. The van der Waals surface area contributed by atoms with Crippen molar-refractivity contribution in [2.45, 2.75) is 19.4 Å². The number of aliphatic hydroxyl groups is 1. The zero-order valence-electron chi connectivity index (χ0n) is 11.6. The molecule has 0 fully saturated rings. The summed E-state index contributed by atoms with van der Waals surface area (Å²) in [7, 11) is 0. The van der Waals surface area contributed by atoms with Gasteiger partial charge in [-0.3, -0.25) is 0 Å². The summed E-state index contributed by atoms with van der Waals surface area (Å²) in [6.07, 6.45) is 0.566. The fourth-order valence-electron chi connectivity index (χ4n) is 2.53. The number of anilines is 2. The van der Waals surface area contributed by atoms with E-state index in [1.165, 1.54) is 0 Å². The molecule has 1 atom stereocenters. The van der Waals surface area contributed by atoms with E-state index in [1.54, 1.807) is 6.92 Å². The second kappa shape index (κ2) is 5.55. The van der Waals surface area contributed by atoms with Crippen molar-refractivity contribution in [3.05, 3.63) is 54.1 Å². The van der Waals surface area contributed by atoms with Crippen LogP contribution in [-0.2, 0) is 0 Å². The summed E-state index contributed by atoms with van der Waals surface area (Å²) >= 11 is 0. The Kier molecular flexibility index (Phi) is 3.61.